The van der Waals surface area contributed by atoms with Crippen molar-refractivity contribution in [2.45, 2.75) is 89.0 Å². The van der Waals surface area contributed by atoms with Gasteiger partial charge < -0.3 is 15.1 Å². The Morgan fingerprint density at radius 3 is 2.15 bits per heavy atom. The molecule has 0 bridgehead atoms. The summed E-state index contributed by atoms with van der Waals surface area (Å²) in [4.78, 5) is 19.9. The third-order valence-electron chi connectivity index (χ3n) is 13.1. The Labute approximate surface area is 324 Å². The number of Topliss-reactive ketones (excluding diaryl/α,β-unsaturated/α-hetero) is 1. The molecule has 0 radical (unpaired) electrons. The summed E-state index contributed by atoms with van der Waals surface area (Å²) >= 11 is 0. The monoisotopic (exact) mass is 748 g/mol. The molecule has 290 valence electrons. The molecule has 4 aromatic rings. The molecule has 4 aromatic carbocycles. The molecule has 6 atom stereocenters. The minimum atomic E-state index is -4.88. The SMILES string of the molecule is CCCCCCCCCN1CC(C2CN(c3ccc(-c4ccc(C(=O)C(F)(F)F)cc4)cc3)C3CCNCC23)CC2c3ccccc3N(c3ccccc3)C21. The second-order valence-electron chi connectivity index (χ2n) is 16.4. The van der Waals surface area contributed by atoms with Crippen LogP contribution in [0, 0.1) is 17.8 Å². The highest BCUT2D eigenvalue weighted by Crippen LogP contribution is 2.54. The van der Waals surface area contributed by atoms with E-state index in [1.165, 1.54) is 86.1 Å². The molecule has 0 spiro atoms. The topological polar surface area (TPSA) is 38.8 Å². The van der Waals surface area contributed by atoms with E-state index in [-0.39, 0.29) is 5.56 Å². The summed E-state index contributed by atoms with van der Waals surface area (Å²) in [6, 6.07) is 34.9. The van der Waals surface area contributed by atoms with Gasteiger partial charge in [0.15, 0.2) is 0 Å². The van der Waals surface area contributed by atoms with Crippen LogP contribution < -0.4 is 15.1 Å². The molecule has 3 saturated heterocycles. The van der Waals surface area contributed by atoms with E-state index in [0.29, 0.717) is 35.9 Å². The molecule has 3 fully saturated rings. The molecule has 8 rings (SSSR count). The number of rotatable bonds is 13. The van der Waals surface area contributed by atoms with Crippen LogP contribution in [0.1, 0.15) is 86.6 Å². The number of hydrogen-bond acceptors (Lipinski definition) is 5. The molecule has 0 aliphatic carbocycles. The molecule has 1 N–H and O–H groups in total. The molecule has 6 unspecified atom stereocenters. The van der Waals surface area contributed by atoms with Crippen molar-refractivity contribution < 1.29 is 18.0 Å². The number of carbonyl (C=O) groups excluding carboxylic acids is 1. The Morgan fingerprint density at radius 1 is 0.745 bits per heavy atom. The second kappa shape index (κ2) is 16.5. The zero-order valence-electron chi connectivity index (χ0n) is 32.1. The van der Waals surface area contributed by atoms with E-state index in [4.69, 9.17) is 0 Å². The maximum absolute atomic E-state index is 13.0. The zero-order chi connectivity index (χ0) is 37.9. The average molecular weight is 749 g/mol. The van der Waals surface area contributed by atoms with Gasteiger partial charge in [0.2, 0.25) is 0 Å². The number of nitrogens with one attached hydrogen (secondary N) is 1. The van der Waals surface area contributed by atoms with Crippen LogP contribution in [0.5, 0.6) is 0 Å². The molecule has 4 heterocycles. The predicted molar refractivity (Wildman–Crippen MR) is 217 cm³/mol. The van der Waals surface area contributed by atoms with Crippen molar-refractivity contribution in [3.05, 3.63) is 114 Å². The van der Waals surface area contributed by atoms with Crippen molar-refractivity contribution >= 4 is 22.8 Å². The van der Waals surface area contributed by atoms with Crippen molar-refractivity contribution in [3.8, 4) is 11.1 Å². The zero-order valence-corrected chi connectivity index (χ0v) is 32.1. The number of nitrogens with zero attached hydrogens (tertiary/aromatic N) is 3. The number of benzene rings is 4. The van der Waals surface area contributed by atoms with E-state index in [0.717, 1.165) is 50.3 Å². The van der Waals surface area contributed by atoms with Gasteiger partial charge in [-0.1, -0.05) is 118 Å². The van der Waals surface area contributed by atoms with Gasteiger partial charge in [-0.2, -0.15) is 13.2 Å². The van der Waals surface area contributed by atoms with E-state index < -0.39 is 12.0 Å². The molecule has 5 nitrogen and oxygen atoms in total. The Kier molecular flexibility index (Phi) is 11.4. The number of carbonyl (C=O) groups is 1. The molecule has 4 aliphatic heterocycles. The minimum absolute atomic E-state index is 0.321. The number of piperidine rings is 2. The number of alkyl halides is 3. The summed E-state index contributed by atoms with van der Waals surface area (Å²) in [6.07, 6.45) is 6.91. The van der Waals surface area contributed by atoms with Crippen LogP contribution in [-0.4, -0.2) is 61.8 Å². The van der Waals surface area contributed by atoms with Crippen molar-refractivity contribution in [2.75, 3.05) is 42.5 Å². The second-order valence-corrected chi connectivity index (χ2v) is 16.4. The first-order valence-electron chi connectivity index (χ1n) is 20.8. The highest BCUT2D eigenvalue weighted by Gasteiger charge is 2.52. The largest absolute Gasteiger partial charge is 0.454 e. The summed E-state index contributed by atoms with van der Waals surface area (Å²) in [5.74, 6) is 0.335. The fraction of sp³-hybridized carbons (Fsp3) is 0.468. The minimum Gasteiger partial charge on any atom is -0.368 e. The first kappa shape index (κ1) is 37.8. The van der Waals surface area contributed by atoms with Gasteiger partial charge in [-0.3, -0.25) is 9.69 Å². The molecular weight excluding hydrogens is 694 g/mol. The molecule has 8 heteroatoms. The maximum atomic E-state index is 13.0. The van der Waals surface area contributed by atoms with Crippen molar-refractivity contribution in [1.29, 1.82) is 0 Å². The third-order valence-corrected chi connectivity index (χ3v) is 13.1. The smallest absolute Gasteiger partial charge is 0.368 e. The highest BCUT2D eigenvalue weighted by molar-refractivity contribution is 6.00. The molecule has 0 aromatic heterocycles. The number of para-hydroxylation sites is 2. The highest BCUT2D eigenvalue weighted by atomic mass is 19.4. The van der Waals surface area contributed by atoms with E-state index in [9.17, 15) is 18.0 Å². The van der Waals surface area contributed by atoms with Crippen molar-refractivity contribution in [3.63, 3.8) is 0 Å². The van der Waals surface area contributed by atoms with Gasteiger partial charge in [-0.05, 0) is 90.6 Å². The molecule has 55 heavy (non-hydrogen) atoms. The molecule has 0 saturated carbocycles. The standard InChI is InChI=1S/C47H55F3N4O/c1-2-3-4-5-6-7-13-28-52-31-36(29-40-39-16-11-12-17-44(39)54(46(40)52)38-14-9-8-10-15-38)42-32-53(43-26-27-51-30-41(42)43)37-24-22-34(23-25-37)33-18-20-35(21-19-33)45(55)47(48,49)50/h8-12,14-25,36,40-43,46,51H,2-7,13,26-32H2,1H3. The van der Waals surface area contributed by atoms with Crippen LogP contribution in [0.2, 0.25) is 0 Å². The number of likely N-dealkylation sites (tertiary alicyclic amines) is 1. The summed E-state index contributed by atoms with van der Waals surface area (Å²) < 4.78 is 38.9. The Morgan fingerprint density at radius 2 is 1.42 bits per heavy atom. The van der Waals surface area contributed by atoms with Crippen LogP contribution in [0.15, 0.2) is 103 Å². The van der Waals surface area contributed by atoms with Gasteiger partial charge in [-0.25, -0.2) is 0 Å². The van der Waals surface area contributed by atoms with E-state index in [1.54, 1.807) is 12.1 Å². The summed E-state index contributed by atoms with van der Waals surface area (Å²) in [6.45, 7) is 7.61. The lowest BCUT2D eigenvalue weighted by Gasteiger charge is -2.48. The fourth-order valence-electron chi connectivity index (χ4n) is 10.5. The number of anilines is 3. The quantitative estimate of drug-likeness (QED) is 0.109. The molecular formula is C47H55F3N4O. The van der Waals surface area contributed by atoms with E-state index in [1.807, 2.05) is 0 Å². The van der Waals surface area contributed by atoms with Gasteiger partial charge in [0.05, 0.1) is 6.17 Å². The van der Waals surface area contributed by atoms with Crippen LogP contribution in [0.4, 0.5) is 30.2 Å². The Balaban J connectivity index is 1.04. The molecule has 4 aliphatic rings. The third kappa shape index (κ3) is 7.82. The number of fused-ring (bicyclic) bond motifs is 4. The number of halogens is 3. The van der Waals surface area contributed by atoms with Crippen molar-refractivity contribution in [2.24, 2.45) is 17.8 Å². The van der Waals surface area contributed by atoms with Gasteiger partial charge in [0.25, 0.3) is 5.78 Å². The van der Waals surface area contributed by atoms with Crippen molar-refractivity contribution in [1.82, 2.24) is 10.2 Å². The van der Waals surface area contributed by atoms with Crippen LogP contribution in [0.25, 0.3) is 11.1 Å². The Hall–Kier alpha value is -4.14. The van der Waals surface area contributed by atoms with E-state index >= 15 is 0 Å². The number of ketones is 1. The number of unbranched alkanes of at least 4 members (excludes halogenated alkanes) is 6. The molecule has 0 amide bonds. The lowest BCUT2D eigenvalue weighted by Crippen LogP contribution is -2.55. The maximum Gasteiger partial charge on any atom is 0.454 e. The lowest BCUT2D eigenvalue weighted by molar-refractivity contribution is -0.0885. The van der Waals surface area contributed by atoms with Gasteiger partial charge >= 0.3 is 6.18 Å². The normalized spacial score (nSPS) is 25.1. The summed E-state index contributed by atoms with van der Waals surface area (Å²) in [7, 11) is 0. The van der Waals surface area contributed by atoms with Crippen LogP contribution in [0.3, 0.4) is 0 Å². The fourth-order valence-corrected chi connectivity index (χ4v) is 10.5. The average Bonchev–Trinajstić information content (AvgIpc) is 3.77. The van der Waals surface area contributed by atoms with Crippen LogP contribution >= 0.6 is 0 Å². The predicted octanol–water partition coefficient (Wildman–Crippen LogP) is 10.8. The van der Waals surface area contributed by atoms with Gasteiger partial charge in [-0.15, -0.1) is 0 Å². The van der Waals surface area contributed by atoms with E-state index in [2.05, 4.69) is 106 Å². The number of hydrogen-bond donors (Lipinski definition) is 1. The lowest BCUT2D eigenvalue weighted by atomic mass is 9.72. The first-order valence-corrected chi connectivity index (χ1v) is 20.8. The first-order chi connectivity index (χ1) is 26.8. The van der Waals surface area contributed by atoms with Gasteiger partial charge in [0.1, 0.15) is 0 Å². The van der Waals surface area contributed by atoms with Gasteiger partial charge in [0, 0.05) is 60.8 Å². The van der Waals surface area contributed by atoms with Crippen LogP contribution in [-0.2, 0) is 0 Å². The summed E-state index contributed by atoms with van der Waals surface area (Å²) in [5.41, 5.74) is 6.73. The summed E-state index contributed by atoms with van der Waals surface area (Å²) in [5, 5.41) is 3.77. The Bertz CT molecular complexity index is 1880.